The van der Waals surface area contributed by atoms with Gasteiger partial charge in [-0.15, -0.1) is 0 Å². The van der Waals surface area contributed by atoms with E-state index >= 15 is 0 Å². The van der Waals surface area contributed by atoms with Crippen molar-refractivity contribution < 1.29 is 9.53 Å². The summed E-state index contributed by atoms with van der Waals surface area (Å²) in [5.74, 6) is 0.645. The highest BCUT2D eigenvalue weighted by molar-refractivity contribution is 6.32. The third kappa shape index (κ3) is 6.26. The lowest BCUT2D eigenvalue weighted by molar-refractivity contribution is -0.116. The second-order valence-corrected chi connectivity index (χ2v) is 4.99. The molecule has 4 nitrogen and oxygen atoms in total. The highest BCUT2D eigenvalue weighted by atomic mass is 35.5. The smallest absolute Gasteiger partial charge is 0.224 e. The highest BCUT2D eigenvalue weighted by Gasteiger charge is 2.06. The van der Waals surface area contributed by atoms with E-state index in [4.69, 9.17) is 22.1 Å². The van der Waals surface area contributed by atoms with E-state index in [-0.39, 0.29) is 5.91 Å². The van der Waals surface area contributed by atoms with Crippen molar-refractivity contribution in [3.8, 4) is 5.75 Å². The molecule has 1 amide bonds. The van der Waals surface area contributed by atoms with Crippen LogP contribution in [0.2, 0.25) is 5.02 Å². The van der Waals surface area contributed by atoms with E-state index in [0.29, 0.717) is 29.5 Å². The van der Waals surface area contributed by atoms with Crippen LogP contribution in [-0.4, -0.2) is 19.1 Å². The van der Waals surface area contributed by atoms with Crippen molar-refractivity contribution in [3.05, 3.63) is 23.2 Å². The molecule has 0 saturated carbocycles. The van der Waals surface area contributed by atoms with Crippen LogP contribution in [0.4, 0.5) is 5.69 Å². The minimum atomic E-state index is 0.0120. The number of halogens is 1. The summed E-state index contributed by atoms with van der Waals surface area (Å²) in [5, 5.41) is 3.35. The van der Waals surface area contributed by atoms with E-state index in [1.807, 2.05) is 6.92 Å². The Bertz CT molecular complexity index is 424. The Kier molecular flexibility index (Phi) is 8.07. The van der Waals surface area contributed by atoms with Crippen molar-refractivity contribution in [2.75, 3.05) is 18.5 Å². The van der Waals surface area contributed by atoms with Crippen molar-refractivity contribution in [3.63, 3.8) is 0 Å². The largest absolute Gasteiger partial charge is 0.492 e. The molecular formula is C15H23ClN2O2. The summed E-state index contributed by atoms with van der Waals surface area (Å²) in [6.07, 6.45) is 4.55. The molecule has 0 saturated heterocycles. The van der Waals surface area contributed by atoms with E-state index in [9.17, 15) is 4.79 Å². The van der Waals surface area contributed by atoms with Gasteiger partial charge in [-0.05, 0) is 44.5 Å². The van der Waals surface area contributed by atoms with Gasteiger partial charge in [0.25, 0.3) is 0 Å². The van der Waals surface area contributed by atoms with Gasteiger partial charge in [0.05, 0.1) is 11.6 Å². The summed E-state index contributed by atoms with van der Waals surface area (Å²) in [4.78, 5) is 11.8. The lowest BCUT2D eigenvalue weighted by Gasteiger charge is -2.09. The monoisotopic (exact) mass is 298 g/mol. The SMILES string of the molecule is CCOc1ccc(NC(=O)CCCCCCN)cc1Cl. The molecule has 20 heavy (non-hydrogen) atoms. The zero-order valence-electron chi connectivity index (χ0n) is 12.0. The minimum absolute atomic E-state index is 0.0120. The molecule has 112 valence electrons. The number of ether oxygens (including phenoxy) is 1. The Labute approximate surface area is 125 Å². The molecule has 0 aromatic heterocycles. The second-order valence-electron chi connectivity index (χ2n) is 4.58. The van der Waals surface area contributed by atoms with Gasteiger partial charge in [0, 0.05) is 12.1 Å². The topological polar surface area (TPSA) is 64.3 Å². The minimum Gasteiger partial charge on any atom is -0.492 e. The molecule has 1 rings (SSSR count). The van der Waals surface area contributed by atoms with Crippen LogP contribution in [0, 0.1) is 0 Å². The first-order valence-corrected chi connectivity index (χ1v) is 7.47. The molecule has 0 bridgehead atoms. The summed E-state index contributed by atoms with van der Waals surface area (Å²) in [5.41, 5.74) is 6.12. The van der Waals surface area contributed by atoms with E-state index in [2.05, 4.69) is 5.32 Å². The predicted octanol–water partition coefficient (Wildman–Crippen LogP) is 3.59. The zero-order chi connectivity index (χ0) is 14.8. The Balaban J connectivity index is 2.36. The maximum Gasteiger partial charge on any atom is 0.224 e. The number of unbranched alkanes of at least 4 members (excludes halogenated alkanes) is 3. The summed E-state index contributed by atoms with van der Waals surface area (Å²) in [7, 11) is 0. The van der Waals surface area contributed by atoms with Crippen LogP contribution >= 0.6 is 11.6 Å². The standard InChI is InChI=1S/C15H23ClN2O2/c1-2-20-14-9-8-12(11-13(14)16)18-15(19)7-5-3-4-6-10-17/h8-9,11H,2-7,10,17H2,1H3,(H,18,19). The van der Waals surface area contributed by atoms with Crippen molar-refractivity contribution in [2.24, 2.45) is 5.73 Å². The van der Waals surface area contributed by atoms with Crippen molar-refractivity contribution in [2.45, 2.75) is 39.0 Å². The molecule has 0 aliphatic carbocycles. The fourth-order valence-corrected chi connectivity index (χ4v) is 2.09. The molecule has 0 unspecified atom stereocenters. The number of nitrogens with two attached hydrogens (primary N) is 1. The van der Waals surface area contributed by atoms with Crippen LogP contribution in [0.25, 0.3) is 0 Å². The number of hydrogen-bond acceptors (Lipinski definition) is 3. The number of rotatable bonds is 9. The number of carbonyl (C=O) groups is 1. The fourth-order valence-electron chi connectivity index (χ4n) is 1.86. The van der Waals surface area contributed by atoms with E-state index < -0.39 is 0 Å². The lowest BCUT2D eigenvalue weighted by atomic mass is 10.1. The van der Waals surface area contributed by atoms with Crippen LogP contribution in [0.5, 0.6) is 5.75 Å². The fraction of sp³-hybridized carbons (Fsp3) is 0.533. The zero-order valence-corrected chi connectivity index (χ0v) is 12.7. The summed E-state index contributed by atoms with van der Waals surface area (Å²) < 4.78 is 5.34. The van der Waals surface area contributed by atoms with Gasteiger partial charge >= 0.3 is 0 Å². The first-order valence-electron chi connectivity index (χ1n) is 7.09. The molecule has 1 aromatic carbocycles. The van der Waals surface area contributed by atoms with Crippen LogP contribution < -0.4 is 15.8 Å². The average Bonchev–Trinajstić information content (AvgIpc) is 2.42. The third-order valence-corrected chi connectivity index (χ3v) is 3.17. The van der Waals surface area contributed by atoms with Crippen molar-refractivity contribution in [1.29, 1.82) is 0 Å². The van der Waals surface area contributed by atoms with E-state index in [1.165, 1.54) is 0 Å². The number of nitrogens with one attached hydrogen (secondary N) is 1. The number of hydrogen-bond donors (Lipinski definition) is 2. The summed E-state index contributed by atoms with van der Waals surface area (Å²) in [6, 6.07) is 5.27. The molecule has 0 aliphatic rings. The Hall–Kier alpha value is -1.26. The molecule has 0 atom stereocenters. The van der Waals surface area contributed by atoms with Gasteiger partial charge in [0.1, 0.15) is 5.75 Å². The molecule has 0 fully saturated rings. The van der Waals surface area contributed by atoms with Crippen LogP contribution in [0.15, 0.2) is 18.2 Å². The maximum absolute atomic E-state index is 11.8. The van der Waals surface area contributed by atoms with Gasteiger partial charge < -0.3 is 15.8 Å². The summed E-state index contributed by atoms with van der Waals surface area (Å²) >= 11 is 6.07. The maximum atomic E-state index is 11.8. The quantitative estimate of drug-likeness (QED) is 0.685. The third-order valence-electron chi connectivity index (χ3n) is 2.87. The van der Waals surface area contributed by atoms with Gasteiger partial charge in [-0.3, -0.25) is 4.79 Å². The first-order chi connectivity index (χ1) is 9.67. The number of carbonyl (C=O) groups excluding carboxylic acids is 1. The normalized spacial score (nSPS) is 10.3. The molecular weight excluding hydrogens is 276 g/mol. The van der Waals surface area contributed by atoms with Gasteiger partial charge in [0.15, 0.2) is 0 Å². The van der Waals surface area contributed by atoms with Crippen molar-refractivity contribution in [1.82, 2.24) is 0 Å². The Morgan fingerprint density at radius 3 is 2.70 bits per heavy atom. The van der Waals surface area contributed by atoms with E-state index in [1.54, 1.807) is 18.2 Å². The second kappa shape index (κ2) is 9.61. The van der Waals surface area contributed by atoms with Crippen LogP contribution in [-0.2, 0) is 4.79 Å². The van der Waals surface area contributed by atoms with Crippen LogP contribution in [0.1, 0.15) is 39.0 Å². The molecule has 0 aliphatic heterocycles. The highest BCUT2D eigenvalue weighted by Crippen LogP contribution is 2.27. The molecule has 0 heterocycles. The molecule has 5 heteroatoms. The number of anilines is 1. The molecule has 1 aromatic rings. The molecule has 0 spiro atoms. The van der Waals surface area contributed by atoms with Gasteiger partial charge in [-0.2, -0.15) is 0 Å². The number of benzene rings is 1. The van der Waals surface area contributed by atoms with Crippen LogP contribution in [0.3, 0.4) is 0 Å². The Morgan fingerprint density at radius 2 is 2.05 bits per heavy atom. The predicted molar refractivity (Wildman–Crippen MR) is 83.4 cm³/mol. The molecule has 0 radical (unpaired) electrons. The summed E-state index contributed by atoms with van der Waals surface area (Å²) in [6.45, 7) is 3.18. The van der Waals surface area contributed by atoms with Crippen molar-refractivity contribution >= 4 is 23.2 Å². The molecule has 3 N–H and O–H groups in total. The van der Waals surface area contributed by atoms with E-state index in [0.717, 1.165) is 32.2 Å². The number of amides is 1. The first kappa shape index (κ1) is 16.8. The lowest BCUT2D eigenvalue weighted by Crippen LogP contribution is -2.11. The van der Waals surface area contributed by atoms with Gasteiger partial charge in [0.2, 0.25) is 5.91 Å². The van der Waals surface area contributed by atoms with Gasteiger partial charge in [-0.1, -0.05) is 24.4 Å². The Morgan fingerprint density at radius 1 is 1.30 bits per heavy atom. The average molecular weight is 299 g/mol. The van der Waals surface area contributed by atoms with Gasteiger partial charge in [-0.25, -0.2) is 0 Å².